The zero-order chi connectivity index (χ0) is 14.9. The maximum Gasteiger partial charge on any atom is 0.326 e. The normalized spacial score (nSPS) is 22.3. The Bertz CT molecular complexity index is 513. The van der Waals surface area contributed by atoms with Crippen molar-refractivity contribution in [2.75, 3.05) is 11.9 Å². The molecule has 0 aromatic carbocycles. The molecule has 8 nitrogen and oxygen atoms in total. The van der Waals surface area contributed by atoms with Crippen molar-refractivity contribution < 1.29 is 19.8 Å². The Balaban J connectivity index is 2.05. The van der Waals surface area contributed by atoms with Crippen LogP contribution in [0.1, 0.15) is 26.3 Å². The number of β-amino-alcohol motifs (C(OH)–C–C–N with tert-alkyl or cyclic N) is 1. The molecule has 2 rings (SSSR count). The van der Waals surface area contributed by atoms with E-state index in [4.69, 9.17) is 5.11 Å². The zero-order valence-corrected chi connectivity index (χ0v) is 11.4. The number of carboxylic acid groups (broad SMARTS) is 1. The van der Waals surface area contributed by atoms with Gasteiger partial charge in [0.25, 0.3) is 0 Å². The van der Waals surface area contributed by atoms with Crippen LogP contribution in [0.5, 0.6) is 0 Å². The molecule has 0 bridgehead atoms. The number of likely N-dealkylation sites (tertiary alicyclic amines) is 1. The van der Waals surface area contributed by atoms with Crippen molar-refractivity contribution in [3.8, 4) is 0 Å². The SMILES string of the molecule is CC(C)n1cc(NC(=O)N2C[C@H](O)C[C@@H]2C(=O)O)cn1. The molecule has 1 fully saturated rings. The number of hydrogen-bond acceptors (Lipinski definition) is 4. The summed E-state index contributed by atoms with van der Waals surface area (Å²) in [7, 11) is 0. The minimum absolute atomic E-state index is 0.0150. The molecule has 0 radical (unpaired) electrons. The van der Waals surface area contributed by atoms with Crippen LogP contribution < -0.4 is 5.32 Å². The molecule has 2 amide bonds. The molecule has 110 valence electrons. The van der Waals surface area contributed by atoms with Gasteiger partial charge in [-0.3, -0.25) is 4.68 Å². The van der Waals surface area contributed by atoms with E-state index in [1.807, 2.05) is 13.8 Å². The van der Waals surface area contributed by atoms with Crippen LogP contribution in [0.4, 0.5) is 10.5 Å². The summed E-state index contributed by atoms with van der Waals surface area (Å²) in [6.07, 6.45) is 2.42. The molecule has 1 aliphatic heterocycles. The standard InChI is InChI=1S/C12H18N4O4/c1-7(2)16-5-8(4-13-16)14-12(20)15-6-9(17)3-10(15)11(18)19/h4-5,7,9-10,17H,3,6H2,1-2H3,(H,14,20)(H,18,19)/t9-,10-/m1/s1. The first-order valence-electron chi connectivity index (χ1n) is 6.41. The lowest BCUT2D eigenvalue weighted by molar-refractivity contribution is -0.141. The maximum absolute atomic E-state index is 12.1. The van der Waals surface area contributed by atoms with Crippen LogP contribution >= 0.6 is 0 Å². The predicted octanol–water partition coefficient (Wildman–Crippen LogP) is 0.516. The van der Waals surface area contributed by atoms with E-state index in [1.165, 1.54) is 6.20 Å². The van der Waals surface area contributed by atoms with Crippen LogP contribution in [0, 0.1) is 0 Å². The van der Waals surface area contributed by atoms with E-state index in [-0.39, 0.29) is 19.0 Å². The topological polar surface area (TPSA) is 108 Å². The summed E-state index contributed by atoms with van der Waals surface area (Å²) in [5, 5.41) is 25.2. The van der Waals surface area contributed by atoms with Gasteiger partial charge in [0.15, 0.2) is 0 Å². The first-order valence-corrected chi connectivity index (χ1v) is 6.41. The highest BCUT2D eigenvalue weighted by atomic mass is 16.4. The van der Waals surface area contributed by atoms with E-state index in [9.17, 15) is 14.7 Å². The van der Waals surface area contributed by atoms with Crippen molar-refractivity contribution in [3.63, 3.8) is 0 Å². The number of carbonyl (C=O) groups is 2. The highest BCUT2D eigenvalue weighted by molar-refractivity contribution is 5.92. The number of aliphatic hydroxyl groups is 1. The van der Waals surface area contributed by atoms with Gasteiger partial charge in [0.1, 0.15) is 6.04 Å². The highest BCUT2D eigenvalue weighted by Crippen LogP contribution is 2.20. The Morgan fingerprint density at radius 3 is 2.75 bits per heavy atom. The van der Waals surface area contributed by atoms with Crippen LogP contribution in [-0.4, -0.2) is 55.6 Å². The fourth-order valence-corrected chi connectivity index (χ4v) is 2.15. The minimum Gasteiger partial charge on any atom is -0.480 e. The van der Waals surface area contributed by atoms with Crippen LogP contribution in [-0.2, 0) is 4.79 Å². The number of anilines is 1. The van der Waals surface area contributed by atoms with Gasteiger partial charge in [-0.05, 0) is 13.8 Å². The molecule has 0 aliphatic carbocycles. The second-order valence-electron chi connectivity index (χ2n) is 5.13. The van der Waals surface area contributed by atoms with Gasteiger partial charge >= 0.3 is 12.0 Å². The van der Waals surface area contributed by atoms with Crippen LogP contribution in [0.25, 0.3) is 0 Å². The van der Waals surface area contributed by atoms with E-state index in [1.54, 1.807) is 10.9 Å². The molecule has 2 heterocycles. The molecule has 0 unspecified atom stereocenters. The second-order valence-corrected chi connectivity index (χ2v) is 5.13. The van der Waals surface area contributed by atoms with E-state index in [0.29, 0.717) is 5.69 Å². The van der Waals surface area contributed by atoms with E-state index < -0.39 is 24.1 Å². The summed E-state index contributed by atoms with van der Waals surface area (Å²) in [6.45, 7) is 3.92. The first-order chi connectivity index (χ1) is 9.38. The second kappa shape index (κ2) is 5.49. The smallest absolute Gasteiger partial charge is 0.326 e. The maximum atomic E-state index is 12.1. The van der Waals surface area contributed by atoms with Crippen molar-refractivity contribution >= 4 is 17.7 Å². The van der Waals surface area contributed by atoms with Gasteiger partial charge in [-0.25, -0.2) is 9.59 Å². The van der Waals surface area contributed by atoms with Gasteiger partial charge in [0, 0.05) is 25.2 Å². The Morgan fingerprint density at radius 2 is 2.20 bits per heavy atom. The third-order valence-corrected chi connectivity index (χ3v) is 3.21. The molecule has 8 heteroatoms. The van der Waals surface area contributed by atoms with Crippen LogP contribution in [0.15, 0.2) is 12.4 Å². The van der Waals surface area contributed by atoms with Crippen molar-refractivity contribution in [2.24, 2.45) is 0 Å². The average Bonchev–Trinajstić information content (AvgIpc) is 2.95. The number of rotatable bonds is 3. The average molecular weight is 282 g/mol. The summed E-state index contributed by atoms with van der Waals surface area (Å²) in [5.74, 6) is -1.12. The zero-order valence-electron chi connectivity index (χ0n) is 11.4. The number of nitrogens with zero attached hydrogens (tertiary/aromatic N) is 3. The molecule has 1 aromatic heterocycles. The molecule has 2 atom stereocenters. The summed E-state index contributed by atoms with van der Waals surface area (Å²) in [4.78, 5) is 24.2. The van der Waals surface area contributed by atoms with Crippen molar-refractivity contribution in [1.29, 1.82) is 0 Å². The molecular formula is C12H18N4O4. The molecule has 20 heavy (non-hydrogen) atoms. The van der Waals surface area contributed by atoms with E-state index in [2.05, 4.69) is 10.4 Å². The predicted molar refractivity (Wildman–Crippen MR) is 70.4 cm³/mol. The van der Waals surface area contributed by atoms with Gasteiger partial charge < -0.3 is 20.4 Å². The fourth-order valence-electron chi connectivity index (χ4n) is 2.15. The lowest BCUT2D eigenvalue weighted by atomic mass is 10.2. The lowest BCUT2D eigenvalue weighted by Gasteiger charge is -2.20. The Hall–Kier alpha value is -2.09. The van der Waals surface area contributed by atoms with Crippen molar-refractivity contribution in [2.45, 2.75) is 38.5 Å². The van der Waals surface area contributed by atoms with Crippen LogP contribution in [0.2, 0.25) is 0 Å². The highest BCUT2D eigenvalue weighted by Gasteiger charge is 2.39. The third-order valence-electron chi connectivity index (χ3n) is 3.21. The monoisotopic (exact) mass is 282 g/mol. The summed E-state index contributed by atoms with van der Waals surface area (Å²) in [5.41, 5.74) is 0.495. The number of hydrogen-bond donors (Lipinski definition) is 3. The van der Waals surface area contributed by atoms with Gasteiger partial charge in [-0.15, -0.1) is 0 Å². The molecule has 0 saturated carbocycles. The Morgan fingerprint density at radius 1 is 1.50 bits per heavy atom. The van der Waals surface area contributed by atoms with E-state index >= 15 is 0 Å². The molecule has 1 aliphatic rings. The van der Waals surface area contributed by atoms with Gasteiger partial charge in [0.2, 0.25) is 0 Å². The molecular weight excluding hydrogens is 264 g/mol. The van der Waals surface area contributed by atoms with Crippen molar-refractivity contribution in [3.05, 3.63) is 12.4 Å². The molecule has 1 saturated heterocycles. The number of carbonyl (C=O) groups excluding carboxylic acids is 1. The fraction of sp³-hybridized carbons (Fsp3) is 0.583. The molecule has 3 N–H and O–H groups in total. The lowest BCUT2D eigenvalue weighted by Crippen LogP contribution is -2.43. The third kappa shape index (κ3) is 2.90. The number of amides is 2. The molecule has 1 aromatic rings. The number of urea groups is 1. The number of aliphatic hydroxyl groups excluding tert-OH is 1. The molecule has 0 spiro atoms. The summed E-state index contributed by atoms with van der Waals surface area (Å²) in [6, 6.07) is -1.37. The number of aliphatic carboxylic acids is 1. The first kappa shape index (κ1) is 14.3. The van der Waals surface area contributed by atoms with Crippen LogP contribution in [0.3, 0.4) is 0 Å². The number of carboxylic acids is 1. The van der Waals surface area contributed by atoms with Gasteiger partial charge in [-0.1, -0.05) is 0 Å². The minimum atomic E-state index is -1.12. The quantitative estimate of drug-likeness (QED) is 0.749. The number of aromatic nitrogens is 2. The Labute approximate surface area is 116 Å². The van der Waals surface area contributed by atoms with Gasteiger partial charge in [-0.2, -0.15) is 5.10 Å². The number of nitrogens with one attached hydrogen (secondary N) is 1. The summed E-state index contributed by atoms with van der Waals surface area (Å²) >= 11 is 0. The largest absolute Gasteiger partial charge is 0.480 e. The van der Waals surface area contributed by atoms with E-state index in [0.717, 1.165) is 4.90 Å². The van der Waals surface area contributed by atoms with Crippen molar-refractivity contribution in [1.82, 2.24) is 14.7 Å². The summed E-state index contributed by atoms with van der Waals surface area (Å²) < 4.78 is 1.68. The Kier molecular flexibility index (Phi) is 3.93. The van der Waals surface area contributed by atoms with Gasteiger partial charge in [0.05, 0.1) is 18.0 Å².